The van der Waals surface area contributed by atoms with Gasteiger partial charge in [-0.25, -0.2) is 0 Å². The third-order valence-corrected chi connectivity index (χ3v) is 6.60. The summed E-state index contributed by atoms with van der Waals surface area (Å²) in [5.74, 6) is 2.19. The molecule has 2 aliphatic carbocycles. The van der Waals surface area contributed by atoms with Crippen molar-refractivity contribution in [3.63, 3.8) is 0 Å². The van der Waals surface area contributed by atoms with Crippen LogP contribution >= 0.6 is 11.6 Å². The second kappa shape index (κ2) is 7.05. The molecule has 130 valence electrons. The van der Waals surface area contributed by atoms with Crippen LogP contribution in [-0.4, -0.2) is 29.9 Å². The number of halogens is 1. The highest BCUT2D eigenvalue weighted by atomic mass is 35.5. The van der Waals surface area contributed by atoms with E-state index in [4.69, 9.17) is 11.6 Å². The topological polar surface area (TPSA) is 32.3 Å². The lowest BCUT2D eigenvalue weighted by atomic mass is 9.92. The van der Waals surface area contributed by atoms with E-state index in [-0.39, 0.29) is 5.92 Å². The summed E-state index contributed by atoms with van der Waals surface area (Å²) < 4.78 is 0. The molecule has 1 heterocycles. The standard InChI is InChI=1S/C20H27ClN2O/c21-18-5-2-14(3-6-18)13-23-9-7-16(8-10-23)20(24)22-19-12-15-1-4-17(19)11-15/h2-3,5-6,15-17,19H,1,4,7-13H2,(H,22,24)/t15-,17-,19+/m0/s1. The fourth-order valence-electron chi connectivity index (χ4n) is 4.92. The molecule has 0 aromatic heterocycles. The number of rotatable bonds is 4. The first-order chi connectivity index (χ1) is 11.7. The number of benzene rings is 1. The average Bonchev–Trinajstić information content (AvgIpc) is 3.20. The Kier molecular flexibility index (Phi) is 4.82. The van der Waals surface area contributed by atoms with Crippen LogP contribution in [0, 0.1) is 17.8 Å². The Balaban J connectivity index is 1.23. The van der Waals surface area contributed by atoms with Crippen molar-refractivity contribution in [3.8, 4) is 0 Å². The van der Waals surface area contributed by atoms with Crippen molar-refractivity contribution in [1.82, 2.24) is 10.2 Å². The number of hydrogen-bond donors (Lipinski definition) is 1. The number of nitrogens with one attached hydrogen (secondary N) is 1. The summed E-state index contributed by atoms with van der Waals surface area (Å²) in [6.07, 6.45) is 7.27. The highest BCUT2D eigenvalue weighted by Crippen LogP contribution is 2.44. The van der Waals surface area contributed by atoms with Gasteiger partial charge in [-0.2, -0.15) is 0 Å². The molecule has 3 atom stereocenters. The Morgan fingerprint density at radius 3 is 2.46 bits per heavy atom. The minimum absolute atomic E-state index is 0.214. The largest absolute Gasteiger partial charge is 0.353 e. The van der Waals surface area contributed by atoms with Crippen LogP contribution < -0.4 is 5.32 Å². The van der Waals surface area contributed by atoms with Gasteiger partial charge in [0.15, 0.2) is 0 Å². The molecule has 0 unspecified atom stereocenters. The van der Waals surface area contributed by atoms with E-state index in [0.29, 0.717) is 11.9 Å². The number of likely N-dealkylation sites (tertiary alicyclic amines) is 1. The van der Waals surface area contributed by atoms with Crippen molar-refractivity contribution in [2.24, 2.45) is 17.8 Å². The van der Waals surface area contributed by atoms with Crippen LogP contribution in [0.3, 0.4) is 0 Å². The SMILES string of the molecule is O=C(N[C@@H]1C[C@H]2CC[C@H]1C2)C1CCN(Cc2ccc(Cl)cc2)CC1. The molecular weight excluding hydrogens is 320 g/mol. The Hall–Kier alpha value is -1.06. The molecule has 24 heavy (non-hydrogen) atoms. The number of nitrogens with zero attached hydrogens (tertiary/aromatic N) is 1. The average molecular weight is 347 g/mol. The van der Waals surface area contributed by atoms with Gasteiger partial charge < -0.3 is 5.32 Å². The van der Waals surface area contributed by atoms with Crippen molar-refractivity contribution < 1.29 is 4.79 Å². The molecule has 2 bridgehead atoms. The second-order valence-corrected chi connectivity index (χ2v) is 8.40. The van der Waals surface area contributed by atoms with Crippen LogP contribution in [0.25, 0.3) is 0 Å². The molecule has 1 N–H and O–H groups in total. The van der Waals surface area contributed by atoms with Crippen LogP contribution in [-0.2, 0) is 11.3 Å². The van der Waals surface area contributed by atoms with Gasteiger partial charge in [-0.1, -0.05) is 30.2 Å². The molecule has 1 saturated heterocycles. The molecule has 0 spiro atoms. The van der Waals surface area contributed by atoms with Crippen LogP contribution in [0.4, 0.5) is 0 Å². The predicted molar refractivity (Wildman–Crippen MR) is 96.8 cm³/mol. The van der Waals surface area contributed by atoms with Gasteiger partial charge in [-0.15, -0.1) is 0 Å². The molecular formula is C20H27ClN2O. The van der Waals surface area contributed by atoms with E-state index >= 15 is 0 Å². The lowest BCUT2D eigenvalue weighted by Gasteiger charge is -2.32. The first-order valence-corrected chi connectivity index (χ1v) is 9.82. The zero-order valence-corrected chi connectivity index (χ0v) is 15.0. The molecule has 4 rings (SSSR count). The first-order valence-electron chi connectivity index (χ1n) is 9.44. The summed E-state index contributed by atoms with van der Waals surface area (Å²) in [5.41, 5.74) is 1.30. The zero-order chi connectivity index (χ0) is 16.5. The summed E-state index contributed by atoms with van der Waals surface area (Å²) >= 11 is 5.94. The third-order valence-electron chi connectivity index (χ3n) is 6.34. The van der Waals surface area contributed by atoms with Gasteiger partial charge in [0.25, 0.3) is 0 Å². The first kappa shape index (κ1) is 16.4. The number of fused-ring (bicyclic) bond motifs is 2. The summed E-state index contributed by atoms with van der Waals surface area (Å²) in [5, 5.41) is 4.17. The fourth-order valence-corrected chi connectivity index (χ4v) is 5.05. The molecule has 1 aromatic rings. The van der Waals surface area contributed by atoms with E-state index in [1.807, 2.05) is 12.1 Å². The molecule has 2 saturated carbocycles. The molecule has 3 fully saturated rings. The summed E-state index contributed by atoms with van der Waals surface area (Å²) in [4.78, 5) is 15.0. The molecule has 1 aliphatic heterocycles. The highest BCUT2D eigenvalue weighted by Gasteiger charge is 2.40. The monoisotopic (exact) mass is 346 g/mol. The van der Waals surface area contributed by atoms with E-state index in [9.17, 15) is 4.79 Å². The normalized spacial score (nSPS) is 30.6. The maximum atomic E-state index is 12.6. The fraction of sp³-hybridized carbons (Fsp3) is 0.650. The zero-order valence-electron chi connectivity index (χ0n) is 14.2. The Morgan fingerprint density at radius 1 is 1.08 bits per heavy atom. The summed E-state index contributed by atoms with van der Waals surface area (Å²) in [6, 6.07) is 8.56. The van der Waals surface area contributed by atoms with Gasteiger partial charge >= 0.3 is 0 Å². The van der Waals surface area contributed by atoms with Gasteiger partial charge in [0.1, 0.15) is 0 Å². The van der Waals surface area contributed by atoms with E-state index in [0.717, 1.165) is 49.3 Å². The lowest BCUT2D eigenvalue weighted by molar-refractivity contribution is -0.127. The van der Waals surface area contributed by atoms with Gasteiger partial charge in [-0.05, 0) is 74.7 Å². The number of piperidine rings is 1. The number of carbonyl (C=O) groups excluding carboxylic acids is 1. The molecule has 0 radical (unpaired) electrons. The number of carbonyl (C=O) groups is 1. The van der Waals surface area contributed by atoms with Gasteiger partial charge in [0, 0.05) is 23.5 Å². The van der Waals surface area contributed by atoms with E-state index in [2.05, 4.69) is 22.3 Å². The van der Waals surface area contributed by atoms with Crippen molar-refractivity contribution in [2.75, 3.05) is 13.1 Å². The van der Waals surface area contributed by atoms with E-state index in [1.54, 1.807) is 0 Å². The maximum Gasteiger partial charge on any atom is 0.223 e. The van der Waals surface area contributed by atoms with Crippen LogP contribution in [0.5, 0.6) is 0 Å². The lowest BCUT2D eigenvalue weighted by Crippen LogP contribution is -2.45. The van der Waals surface area contributed by atoms with Gasteiger partial charge in [-0.3, -0.25) is 9.69 Å². The maximum absolute atomic E-state index is 12.6. The molecule has 3 nitrogen and oxygen atoms in total. The van der Waals surface area contributed by atoms with E-state index in [1.165, 1.54) is 31.2 Å². The third kappa shape index (κ3) is 3.62. The molecule has 1 aromatic carbocycles. The second-order valence-electron chi connectivity index (χ2n) is 7.97. The van der Waals surface area contributed by atoms with Crippen molar-refractivity contribution in [2.45, 2.75) is 51.1 Å². The van der Waals surface area contributed by atoms with Crippen molar-refractivity contribution in [1.29, 1.82) is 0 Å². The minimum atomic E-state index is 0.214. The Morgan fingerprint density at radius 2 is 1.83 bits per heavy atom. The molecule has 4 heteroatoms. The van der Waals surface area contributed by atoms with Crippen LogP contribution in [0.1, 0.15) is 44.1 Å². The highest BCUT2D eigenvalue weighted by molar-refractivity contribution is 6.30. The molecule has 3 aliphatic rings. The summed E-state index contributed by atoms with van der Waals surface area (Å²) in [7, 11) is 0. The van der Waals surface area contributed by atoms with Gasteiger partial charge in [0.2, 0.25) is 5.91 Å². The smallest absolute Gasteiger partial charge is 0.223 e. The van der Waals surface area contributed by atoms with Crippen molar-refractivity contribution in [3.05, 3.63) is 34.9 Å². The minimum Gasteiger partial charge on any atom is -0.353 e. The predicted octanol–water partition coefficient (Wildman–Crippen LogP) is 3.86. The van der Waals surface area contributed by atoms with Gasteiger partial charge in [0.05, 0.1) is 0 Å². The Bertz CT molecular complexity index is 580. The number of hydrogen-bond acceptors (Lipinski definition) is 2. The van der Waals surface area contributed by atoms with E-state index < -0.39 is 0 Å². The van der Waals surface area contributed by atoms with Crippen molar-refractivity contribution >= 4 is 17.5 Å². The Labute approximate surface area is 149 Å². The molecule has 1 amide bonds. The van der Waals surface area contributed by atoms with Crippen LogP contribution in [0.2, 0.25) is 5.02 Å². The van der Waals surface area contributed by atoms with Crippen LogP contribution in [0.15, 0.2) is 24.3 Å². The summed E-state index contributed by atoms with van der Waals surface area (Å²) in [6.45, 7) is 2.98. The quantitative estimate of drug-likeness (QED) is 0.897. The number of amides is 1.